The number of benzene rings is 1. The summed E-state index contributed by atoms with van der Waals surface area (Å²) in [5.74, 6) is 2.86. The number of Topliss-reactive ketones (excluding diaryl/α,β-unsaturated/α-hetero) is 1. The van der Waals surface area contributed by atoms with E-state index in [-0.39, 0.29) is 11.7 Å². The number of hydrogen-bond acceptors (Lipinski definition) is 7. The number of thioether (sulfide) groups is 1. The van der Waals surface area contributed by atoms with Crippen LogP contribution < -0.4 is 10.1 Å². The number of carbonyl (C=O) groups is 2. The molecule has 0 spiro atoms. The number of rotatable bonds is 8. The fourth-order valence-corrected chi connectivity index (χ4v) is 5.24. The molecule has 0 fully saturated rings. The van der Waals surface area contributed by atoms with E-state index in [1.165, 1.54) is 0 Å². The number of furan rings is 1. The predicted octanol–water partition coefficient (Wildman–Crippen LogP) is 5.25. The summed E-state index contributed by atoms with van der Waals surface area (Å²) < 4.78 is 16.9. The first-order chi connectivity index (χ1) is 16.4. The summed E-state index contributed by atoms with van der Waals surface area (Å²) in [5.41, 5.74) is 3.66. The van der Waals surface area contributed by atoms with Crippen molar-refractivity contribution in [3.8, 4) is 5.75 Å². The van der Waals surface area contributed by atoms with Crippen LogP contribution in [0.15, 0.2) is 63.4 Å². The van der Waals surface area contributed by atoms with Crippen LogP contribution in [-0.4, -0.2) is 37.0 Å². The molecule has 2 aromatic rings. The van der Waals surface area contributed by atoms with E-state index in [0.717, 1.165) is 34.3 Å². The smallest absolute Gasteiger partial charge is 0.336 e. The molecule has 0 saturated carbocycles. The first-order valence-corrected chi connectivity index (χ1v) is 12.8. The van der Waals surface area contributed by atoms with E-state index in [1.807, 2.05) is 50.2 Å². The maximum atomic E-state index is 13.6. The third-order valence-electron chi connectivity index (χ3n) is 6.32. The highest BCUT2D eigenvalue weighted by atomic mass is 32.2. The van der Waals surface area contributed by atoms with Crippen molar-refractivity contribution in [2.24, 2.45) is 0 Å². The number of esters is 1. The van der Waals surface area contributed by atoms with Gasteiger partial charge in [-0.3, -0.25) is 4.79 Å². The number of methoxy groups -OCH3 is 1. The number of aryl methyl sites for hydroxylation is 1. The Kier molecular flexibility index (Phi) is 7.51. The Hall–Kier alpha value is -2.93. The number of carbonyl (C=O) groups excluding carboxylic acids is 2. The van der Waals surface area contributed by atoms with Crippen LogP contribution in [0.4, 0.5) is 0 Å². The summed E-state index contributed by atoms with van der Waals surface area (Å²) in [4.78, 5) is 26.8. The number of dihydropyridines is 1. The van der Waals surface area contributed by atoms with Gasteiger partial charge in [0.1, 0.15) is 23.9 Å². The molecule has 7 heteroatoms. The quantitative estimate of drug-likeness (QED) is 0.407. The molecule has 0 bridgehead atoms. The molecule has 2 aliphatic rings. The fourth-order valence-electron chi connectivity index (χ4n) is 4.75. The second kappa shape index (κ2) is 10.6. The molecule has 34 heavy (non-hydrogen) atoms. The lowest BCUT2D eigenvalue weighted by molar-refractivity contribution is -0.138. The normalized spacial score (nSPS) is 20.2. The van der Waals surface area contributed by atoms with E-state index < -0.39 is 11.9 Å². The van der Waals surface area contributed by atoms with Gasteiger partial charge < -0.3 is 19.2 Å². The summed E-state index contributed by atoms with van der Waals surface area (Å²) in [6, 6.07) is 11.6. The van der Waals surface area contributed by atoms with Crippen molar-refractivity contribution in [3.05, 3.63) is 76.0 Å². The third-order valence-corrected chi connectivity index (χ3v) is 7.19. The molecule has 2 heterocycles. The van der Waals surface area contributed by atoms with Crippen molar-refractivity contribution in [2.75, 3.05) is 25.2 Å². The monoisotopic (exact) mass is 481 g/mol. The van der Waals surface area contributed by atoms with Gasteiger partial charge in [0.15, 0.2) is 5.78 Å². The summed E-state index contributed by atoms with van der Waals surface area (Å²) in [6.45, 7) is 6.12. The maximum Gasteiger partial charge on any atom is 0.336 e. The lowest BCUT2D eigenvalue weighted by atomic mass is 9.73. The zero-order valence-corrected chi connectivity index (χ0v) is 20.9. The molecule has 6 nitrogen and oxygen atoms in total. The van der Waals surface area contributed by atoms with E-state index in [0.29, 0.717) is 42.1 Å². The van der Waals surface area contributed by atoms with Gasteiger partial charge in [-0.15, -0.1) is 0 Å². The zero-order chi connectivity index (χ0) is 24.2. The average molecular weight is 482 g/mol. The van der Waals surface area contributed by atoms with Crippen molar-refractivity contribution in [1.82, 2.24) is 5.32 Å². The van der Waals surface area contributed by atoms with Gasteiger partial charge in [0.25, 0.3) is 0 Å². The number of hydrogen-bond donors (Lipinski definition) is 1. The van der Waals surface area contributed by atoms with Gasteiger partial charge in [-0.2, -0.15) is 11.8 Å². The molecule has 4 rings (SSSR count). The molecule has 0 unspecified atom stereocenters. The van der Waals surface area contributed by atoms with Crippen molar-refractivity contribution in [2.45, 2.75) is 45.4 Å². The van der Waals surface area contributed by atoms with Crippen molar-refractivity contribution in [3.63, 3.8) is 0 Å². The molecule has 0 radical (unpaired) electrons. The van der Waals surface area contributed by atoms with Crippen LogP contribution in [0, 0.1) is 6.92 Å². The SMILES string of the molecule is CCSCCOC(=O)C1=C(C)NC2=C(C(=O)C[C@@H](c3cccc(OC)c3)C2)[C@@H]1c1ccc(C)o1. The van der Waals surface area contributed by atoms with Crippen LogP contribution in [0.25, 0.3) is 0 Å². The van der Waals surface area contributed by atoms with Crippen LogP contribution >= 0.6 is 11.8 Å². The van der Waals surface area contributed by atoms with Gasteiger partial charge in [-0.25, -0.2) is 4.79 Å². The highest BCUT2D eigenvalue weighted by molar-refractivity contribution is 7.99. The van der Waals surface area contributed by atoms with Gasteiger partial charge in [0.05, 0.1) is 18.6 Å². The fraction of sp³-hybridized carbons (Fsp3) is 0.407. The number of nitrogens with one attached hydrogen (secondary N) is 1. The molecular weight excluding hydrogens is 450 g/mol. The molecule has 180 valence electrons. The molecule has 1 aliphatic carbocycles. The molecule has 1 aliphatic heterocycles. The number of ketones is 1. The van der Waals surface area contributed by atoms with Gasteiger partial charge in [0, 0.05) is 29.1 Å². The first-order valence-electron chi connectivity index (χ1n) is 11.6. The van der Waals surface area contributed by atoms with Crippen LogP contribution in [0.5, 0.6) is 5.75 Å². The Labute approximate surface area is 204 Å². The van der Waals surface area contributed by atoms with Crippen LogP contribution in [0.2, 0.25) is 0 Å². The third kappa shape index (κ3) is 4.94. The molecular formula is C27H31NO5S. The summed E-state index contributed by atoms with van der Waals surface area (Å²) >= 11 is 1.72. The average Bonchev–Trinajstić information content (AvgIpc) is 3.26. The second-order valence-electron chi connectivity index (χ2n) is 8.58. The summed E-state index contributed by atoms with van der Waals surface area (Å²) in [6.07, 6.45) is 1.02. The Bertz CT molecular complexity index is 1150. The lowest BCUT2D eigenvalue weighted by Gasteiger charge is -2.35. The molecule has 1 aromatic carbocycles. The number of ether oxygens (including phenoxy) is 2. The van der Waals surface area contributed by atoms with Gasteiger partial charge in [-0.1, -0.05) is 19.1 Å². The van der Waals surface area contributed by atoms with Crippen LogP contribution in [0.3, 0.4) is 0 Å². The van der Waals surface area contributed by atoms with E-state index in [9.17, 15) is 9.59 Å². The van der Waals surface area contributed by atoms with Gasteiger partial charge in [0.2, 0.25) is 0 Å². The molecule has 2 atom stereocenters. The Balaban J connectivity index is 1.68. The van der Waals surface area contributed by atoms with Crippen molar-refractivity contribution < 1.29 is 23.5 Å². The summed E-state index contributed by atoms with van der Waals surface area (Å²) in [7, 11) is 1.64. The minimum absolute atomic E-state index is 0.0139. The zero-order valence-electron chi connectivity index (χ0n) is 20.1. The Morgan fingerprint density at radius 3 is 2.74 bits per heavy atom. The van der Waals surface area contributed by atoms with Crippen LogP contribution in [-0.2, 0) is 14.3 Å². The summed E-state index contributed by atoms with van der Waals surface area (Å²) in [5, 5.41) is 3.38. The lowest BCUT2D eigenvalue weighted by Crippen LogP contribution is -2.36. The molecule has 1 N–H and O–H groups in total. The molecule has 0 amide bonds. The van der Waals surface area contributed by atoms with E-state index >= 15 is 0 Å². The van der Waals surface area contributed by atoms with Gasteiger partial charge in [-0.05, 0) is 61.8 Å². The van der Waals surface area contributed by atoms with Crippen molar-refractivity contribution in [1.29, 1.82) is 0 Å². The topological polar surface area (TPSA) is 77.8 Å². The second-order valence-corrected chi connectivity index (χ2v) is 9.97. The minimum atomic E-state index is -0.574. The first kappa shape index (κ1) is 24.2. The molecule has 1 aromatic heterocycles. The van der Waals surface area contributed by atoms with E-state index in [2.05, 4.69) is 12.2 Å². The van der Waals surface area contributed by atoms with Crippen molar-refractivity contribution >= 4 is 23.5 Å². The Morgan fingerprint density at radius 1 is 1.21 bits per heavy atom. The van der Waals surface area contributed by atoms with E-state index in [4.69, 9.17) is 13.9 Å². The van der Waals surface area contributed by atoms with Crippen LogP contribution in [0.1, 0.15) is 55.6 Å². The minimum Gasteiger partial charge on any atom is -0.497 e. The van der Waals surface area contributed by atoms with Gasteiger partial charge >= 0.3 is 5.97 Å². The standard InChI is InChI=1S/C27H31NO5S/c1-5-34-12-11-32-27(30)24-17(3)28-21-14-19(18-7-6-8-20(13-18)31-4)15-22(29)25(21)26(24)23-10-9-16(2)33-23/h6-10,13,19,26,28H,5,11-12,14-15H2,1-4H3/t19-,26+/m0/s1. The highest BCUT2D eigenvalue weighted by Crippen LogP contribution is 2.46. The van der Waals surface area contributed by atoms with E-state index in [1.54, 1.807) is 18.9 Å². The Morgan fingerprint density at radius 2 is 2.03 bits per heavy atom. The largest absolute Gasteiger partial charge is 0.497 e. The number of allylic oxidation sites excluding steroid dienone is 3. The highest BCUT2D eigenvalue weighted by Gasteiger charge is 2.42. The molecule has 0 saturated heterocycles. The predicted molar refractivity (Wildman–Crippen MR) is 133 cm³/mol. The maximum absolute atomic E-state index is 13.6.